The standard InChI is InChI=1S/C19H17BrFNO3/c1-2-24-17(23)10-12-5-3-4-6-16(12)22-11-13-9-15(20)19-14(18(13)21)7-8-25-19/h3-9,22H,2,10-11H2,1H3. The first-order valence-electron chi connectivity index (χ1n) is 7.91. The molecule has 0 aliphatic rings. The number of esters is 1. The van der Waals surface area contributed by atoms with E-state index in [1.54, 1.807) is 19.1 Å². The molecule has 0 saturated carbocycles. The van der Waals surface area contributed by atoms with Gasteiger partial charge in [-0.1, -0.05) is 18.2 Å². The van der Waals surface area contributed by atoms with E-state index in [1.807, 2.05) is 24.3 Å². The number of furan rings is 1. The Morgan fingerprint density at radius 1 is 1.28 bits per heavy atom. The van der Waals surface area contributed by atoms with Gasteiger partial charge in [0.05, 0.1) is 29.1 Å². The SMILES string of the molecule is CCOC(=O)Cc1ccccc1NCc1cc(Br)c2occc2c1F. The molecule has 0 aliphatic heterocycles. The lowest BCUT2D eigenvalue weighted by Gasteiger charge is -2.13. The lowest BCUT2D eigenvalue weighted by atomic mass is 10.1. The van der Waals surface area contributed by atoms with Crippen molar-refractivity contribution in [2.75, 3.05) is 11.9 Å². The Kier molecular flexibility index (Phi) is 5.38. The van der Waals surface area contributed by atoms with Crippen LogP contribution in [0, 0.1) is 5.82 Å². The number of carbonyl (C=O) groups is 1. The van der Waals surface area contributed by atoms with E-state index in [9.17, 15) is 9.18 Å². The second-order valence-corrected chi connectivity index (χ2v) is 6.34. The third kappa shape index (κ3) is 3.85. The fourth-order valence-electron chi connectivity index (χ4n) is 2.66. The summed E-state index contributed by atoms with van der Waals surface area (Å²) >= 11 is 3.40. The van der Waals surface area contributed by atoms with Gasteiger partial charge in [-0.3, -0.25) is 4.79 Å². The number of rotatable bonds is 6. The molecule has 130 valence electrons. The molecule has 0 aliphatic carbocycles. The molecule has 25 heavy (non-hydrogen) atoms. The average Bonchev–Trinajstić information content (AvgIpc) is 3.09. The minimum Gasteiger partial charge on any atom is -0.466 e. The monoisotopic (exact) mass is 405 g/mol. The van der Waals surface area contributed by atoms with Crippen molar-refractivity contribution >= 4 is 38.6 Å². The number of hydrogen-bond donors (Lipinski definition) is 1. The van der Waals surface area contributed by atoms with Crippen molar-refractivity contribution in [1.82, 2.24) is 0 Å². The predicted molar refractivity (Wildman–Crippen MR) is 98.0 cm³/mol. The van der Waals surface area contributed by atoms with Crippen molar-refractivity contribution in [2.24, 2.45) is 0 Å². The highest BCUT2D eigenvalue weighted by molar-refractivity contribution is 9.10. The Morgan fingerprint density at radius 2 is 2.08 bits per heavy atom. The van der Waals surface area contributed by atoms with Gasteiger partial charge in [0.15, 0.2) is 5.58 Å². The normalized spacial score (nSPS) is 10.8. The van der Waals surface area contributed by atoms with Gasteiger partial charge in [0.25, 0.3) is 0 Å². The summed E-state index contributed by atoms with van der Waals surface area (Å²) < 4.78 is 25.6. The van der Waals surface area contributed by atoms with Crippen LogP contribution < -0.4 is 5.32 Å². The van der Waals surface area contributed by atoms with Gasteiger partial charge in [-0.05, 0) is 46.6 Å². The first-order chi connectivity index (χ1) is 12.1. The van der Waals surface area contributed by atoms with Crippen LogP contribution in [-0.4, -0.2) is 12.6 Å². The molecule has 0 atom stereocenters. The summed E-state index contributed by atoms with van der Waals surface area (Å²) in [7, 11) is 0. The predicted octanol–water partition coefficient (Wildman–Crippen LogP) is 5.05. The van der Waals surface area contributed by atoms with Crippen LogP contribution in [0.2, 0.25) is 0 Å². The van der Waals surface area contributed by atoms with Gasteiger partial charge in [0.2, 0.25) is 0 Å². The van der Waals surface area contributed by atoms with Crippen molar-refractivity contribution in [3.05, 3.63) is 64.1 Å². The van der Waals surface area contributed by atoms with Crippen LogP contribution >= 0.6 is 15.9 Å². The molecule has 0 spiro atoms. The van der Waals surface area contributed by atoms with Gasteiger partial charge in [-0.25, -0.2) is 4.39 Å². The quantitative estimate of drug-likeness (QED) is 0.582. The van der Waals surface area contributed by atoms with Crippen LogP contribution in [0.4, 0.5) is 10.1 Å². The van der Waals surface area contributed by atoms with Crippen molar-refractivity contribution in [3.63, 3.8) is 0 Å². The summed E-state index contributed by atoms with van der Waals surface area (Å²) in [4.78, 5) is 11.7. The van der Waals surface area contributed by atoms with E-state index in [2.05, 4.69) is 21.2 Å². The molecule has 1 heterocycles. The van der Waals surface area contributed by atoms with Gasteiger partial charge in [-0.2, -0.15) is 0 Å². The van der Waals surface area contributed by atoms with E-state index in [0.29, 0.717) is 27.6 Å². The smallest absolute Gasteiger partial charge is 0.310 e. The highest BCUT2D eigenvalue weighted by atomic mass is 79.9. The fourth-order valence-corrected chi connectivity index (χ4v) is 3.24. The van der Waals surface area contributed by atoms with Crippen molar-refractivity contribution < 1.29 is 18.3 Å². The molecular weight excluding hydrogens is 389 g/mol. The van der Waals surface area contributed by atoms with Crippen LogP contribution in [0.5, 0.6) is 0 Å². The maximum atomic E-state index is 14.6. The van der Waals surface area contributed by atoms with Gasteiger partial charge in [-0.15, -0.1) is 0 Å². The summed E-state index contributed by atoms with van der Waals surface area (Å²) in [5.74, 6) is -0.604. The average molecular weight is 406 g/mol. The maximum absolute atomic E-state index is 14.6. The minimum absolute atomic E-state index is 0.171. The molecule has 4 nitrogen and oxygen atoms in total. The zero-order chi connectivity index (χ0) is 17.8. The summed E-state index contributed by atoms with van der Waals surface area (Å²) in [5.41, 5.74) is 2.58. The molecule has 0 fully saturated rings. The number of hydrogen-bond acceptors (Lipinski definition) is 4. The number of nitrogens with one attached hydrogen (secondary N) is 1. The number of para-hydroxylation sites is 1. The van der Waals surface area contributed by atoms with Gasteiger partial charge in [0, 0.05) is 17.8 Å². The van der Waals surface area contributed by atoms with Crippen molar-refractivity contribution in [1.29, 1.82) is 0 Å². The zero-order valence-corrected chi connectivity index (χ0v) is 15.2. The molecule has 0 bridgehead atoms. The van der Waals surface area contributed by atoms with Gasteiger partial charge in [0.1, 0.15) is 5.82 Å². The molecular formula is C19H17BrFNO3. The summed E-state index contributed by atoms with van der Waals surface area (Å²) in [6, 6.07) is 10.7. The third-order valence-electron chi connectivity index (χ3n) is 3.83. The Morgan fingerprint density at radius 3 is 2.88 bits per heavy atom. The Hall–Kier alpha value is -2.34. The molecule has 6 heteroatoms. The van der Waals surface area contributed by atoms with E-state index < -0.39 is 0 Å². The van der Waals surface area contributed by atoms with Crippen LogP contribution in [0.15, 0.2) is 51.6 Å². The molecule has 0 unspecified atom stereocenters. The van der Waals surface area contributed by atoms with E-state index in [0.717, 1.165) is 11.3 Å². The molecule has 2 aromatic carbocycles. The van der Waals surface area contributed by atoms with E-state index in [4.69, 9.17) is 9.15 Å². The summed E-state index contributed by atoms with van der Waals surface area (Å²) in [6.45, 7) is 2.40. The number of benzene rings is 2. The van der Waals surface area contributed by atoms with E-state index in [1.165, 1.54) is 6.26 Å². The zero-order valence-electron chi connectivity index (χ0n) is 13.6. The van der Waals surface area contributed by atoms with Crippen molar-refractivity contribution in [2.45, 2.75) is 19.9 Å². The van der Waals surface area contributed by atoms with Crippen LogP contribution in [-0.2, 0) is 22.5 Å². The maximum Gasteiger partial charge on any atom is 0.310 e. The van der Waals surface area contributed by atoms with Gasteiger partial charge >= 0.3 is 5.97 Å². The first kappa shape index (κ1) is 17.5. The number of halogens is 2. The lowest BCUT2D eigenvalue weighted by Crippen LogP contribution is -2.10. The van der Waals surface area contributed by atoms with E-state index in [-0.39, 0.29) is 24.8 Å². The molecule has 1 N–H and O–H groups in total. The minimum atomic E-state index is -0.317. The third-order valence-corrected chi connectivity index (χ3v) is 4.42. The highest BCUT2D eigenvalue weighted by Gasteiger charge is 2.14. The molecule has 0 saturated heterocycles. The molecule has 3 rings (SSSR count). The molecule has 0 amide bonds. The number of carbonyl (C=O) groups excluding carboxylic acids is 1. The van der Waals surface area contributed by atoms with Gasteiger partial charge < -0.3 is 14.5 Å². The van der Waals surface area contributed by atoms with Crippen LogP contribution in [0.1, 0.15) is 18.1 Å². The summed E-state index contributed by atoms with van der Waals surface area (Å²) in [6.07, 6.45) is 1.63. The lowest BCUT2D eigenvalue weighted by molar-refractivity contribution is -0.142. The highest BCUT2D eigenvalue weighted by Crippen LogP contribution is 2.30. The Bertz CT molecular complexity index is 907. The molecule has 1 aromatic heterocycles. The molecule has 3 aromatic rings. The van der Waals surface area contributed by atoms with E-state index >= 15 is 0 Å². The Balaban J connectivity index is 1.80. The number of fused-ring (bicyclic) bond motifs is 1. The first-order valence-corrected chi connectivity index (χ1v) is 8.71. The second-order valence-electron chi connectivity index (χ2n) is 5.49. The summed E-state index contributed by atoms with van der Waals surface area (Å²) in [5, 5.41) is 3.64. The fraction of sp³-hybridized carbons (Fsp3) is 0.211. The number of ether oxygens (including phenoxy) is 1. The second kappa shape index (κ2) is 7.70. The van der Waals surface area contributed by atoms with Crippen molar-refractivity contribution in [3.8, 4) is 0 Å². The Labute approximate surface area is 153 Å². The number of anilines is 1. The largest absolute Gasteiger partial charge is 0.466 e. The topological polar surface area (TPSA) is 51.5 Å². The van der Waals surface area contributed by atoms with Crippen LogP contribution in [0.25, 0.3) is 11.0 Å². The van der Waals surface area contributed by atoms with Crippen LogP contribution in [0.3, 0.4) is 0 Å². The molecule has 0 radical (unpaired) electrons.